The number of likely N-dealkylation sites (N-methyl/N-ethyl adjacent to an activating group) is 1. The van der Waals surface area contributed by atoms with Crippen molar-refractivity contribution in [2.45, 2.75) is 31.7 Å². The normalized spacial score (nSPS) is 22.9. The van der Waals surface area contributed by atoms with Crippen LogP contribution in [0.1, 0.15) is 19.0 Å². The second-order valence-electron chi connectivity index (χ2n) is 4.73. The lowest BCUT2D eigenvalue weighted by Gasteiger charge is -2.28. The molecule has 0 bridgehead atoms. The first-order valence-corrected chi connectivity index (χ1v) is 6.31. The molecule has 1 saturated heterocycles. The second kappa shape index (κ2) is 5.43. The van der Waals surface area contributed by atoms with Gasteiger partial charge in [-0.25, -0.2) is 4.98 Å². The van der Waals surface area contributed by atoms with Gasteiger partial charge in [0, 0.05) is 26.8 Å². The number of alkyl halides is 3. The summed E-state index contributed by atoms with van der Waals surface area (Å²) in [7, 11) is 3.21. The molecule has 20 heavy (non-hydrogen) atoms. The number of hydrogen-bond acceptors (Lipinski definition) is 5. The zero-order chi connectivity index (χ0) is 14.9. The van der Waals surface area contributed by atoms with E-state index in [0.717, 1.165) is 12.5 Å². The average Bonchev–Trinajstić information content (AvgIpc) is 2.82. The summed E-state index contributed by atoms with van der Waals surface area (Å²) in [6, 6.07) is 0.974. The smallest absolute Gasteiger partial charge is 0.376 e. The van der Waals surface area contributed by atoms with Gasteiger partial charge in [0.15, 0.2) is 5.69 Å². The third-order valence-electron chi connectivity index (χ3n) is 3.42. The van der Waals surface area contributed by atoms with Crippen molar-refractivity contribution in [3.05, 3.63) is 11.8 Å². The minimum Gasteiger partial charge on any atom is -0.376 e. The van der Waals surface area contributed by atoms with Crippen LogP contribution in [0.15, 0.2) is 6.07 Å². The van der Waals surface area contributed by atoms with Gasteiger partial charge in [0.05, 0.1) is 12.1 Å². The molecule has 0 amide bonds. The third-order valence-corrected chi connectivity index (χ3v) is 3.42. The molecule has 0 aliphatic carbocycles. The van der Waals surface area contributed by atoms with Crippen LogP contribution in [-0.4, -0.2) is 42.8 Å². The van der Waals surface area contributed by atoms with E-state index >= 15 is 0 Å². The number of hydrogen-bond donors (Lipinski definition) is 1. The molecule has 0 aromatic carbocycles. The summed E-state index contributed by atoms with van der Waals surface area (Å²) >= 11 is 0. The highest BCUT2D eigenvalue weighted by Gasteiger charge is 2.35. The van der Waals surface area contributed by atoms with Crippen molar-refractivity contribution in [1.29, 1.82) is 0 Å². The Morgan fingerprint density at radius 3 is 2.60 bits per heavy atom. The molecule has 0 radical (unpaired) electrons. The van der Waals surface area contributed by atoms with E-state index in [9.17, 15) is 13.2 Å². The van der Waals surface area contributed by atoms with E-state index in [4.69, 9.17) is 4.74 Å². The van der Waals surface area contributed by atoms with Gasteiger partial charge >= 0.3 is 6.18 Å². The van der Waals surface area contributed by atoms with Crippen molar-refractivity contribution in [1.82, 2.24) is 9.97 Å². The Balaban J connectivity index is 2.35. The molecular formula is C12H17F3N4O. The molecule has 0 spiro atoms. The fourth-order valence-corrected chi connectivity index (χ4v) is 2.27. The average molecular weight is 290 g/mol. The summed E-state index contributed by atoms with van der Waals surface area (Å²) in [6.07, 6.45) is -3.78. The van der Waals surface area contributed by atoms with Crippen LogP contribution in [0.3, 0.4) is 0 Å². The minimum atomic E-state index is -4.50. The molecule has 1 aromatic rings. The van der Waals surface area contributed by atoms with Crippen LogP contribution in [0.4, 0.5) is 24.9 Å². The summed E-state index contributed by atoms with van der Waals surface area (Å²) < 4.78 is 44.0. The lowest BCUT2D eigenvalue weighted by Crippen LogP contribution is -2.37. The van der Waals surface area contributed by atoms with Gasteiger partial charge in [0.1, 0.15) is 5.82 Å². The maximum Gasteiger partial charge on any atom is 0.433 e. The number of aromatic nitrogens is 2. The van der Waals surface area contributed by atoms with Gasteiger partial charge in [-0.2, -0.15) is 18.2 Å². The van der Waals surface area contributed by atoms with E-state index < -0.39 is 11.9 Å². The topological polar surface area (TPSA) is 50.3 Å². The van der Waals surface area contributed by atoms with Crippen molar-refractivity contribution in [2.75, 3.05) is 30.9 Å². The maximum absolute atomic E-state index is 12.8. The van der Waals surface area contributed by atoms with Gasteiger partial charge in [-0.15, -0.1) is 0 Å². The van der Waals surface area contributed by atoms with E-state index in [1.165, 1.54) is 7.05 Å². The fourth-order valence-electron chi connectivity index (χ4n) is 2.27. The molecule has 2 unspecified atom stereocenters. The van der Waals surface area contributed by atoms with Gasteiger partial charge in [-0.3, -0.25) is 0 Å². The monoisotopic (exact) mass is 290 g/mol. The van der Waals surface area contributed by atoms with Crippen LogP contribution in [0.5, 0.6) is 0 Å². The molecule has 1 aliphatic rings. The zero-order valence-electron chi connectivity index (χ0n) is 11.5. The van der Waals surface area contributed by atoms with E-state index in [0.29, 0.717) is 6.61 Å². The molecular weight excluding hydrogens is 273 g/mol. The number of nitrogens with zero attached hydrogens (tertiary/aromatic N) is 3. The Kier molecular flexibility index (Phi) is 4.03. The highest BCUT2D eigenvalue weighted by atomic mass is 19.4. The summed E-state index contributed by atoms with van der Waals surface area (Å²) in [5, 5.41) is 2.56. The second-order valence-corrected chi connectivity index (χ2v) is 4.73. The Labute approximate surface area is 115 Å². The zero-order valence-corrected chi connectivity index (χ0v) is 11.5. The van der Waals surface area contributed by atoms with Crippen LogP contribution in [-0.2, 0) is 10.9 Å². The van der Waals surface area contributed by atoms with E-state index in [2.05, 4.69) is 15.3 Å². The fraction of sp³-hybridized carbons (Fsp3) is 0.667. The number of rotatable bonds is 3. The number of anilines is 2. The SMILES string of the molecule is CNc1nc(N(C)C2CCOC2C)cc(C(F)(F)F)n1. The number of halogens is 3. The van der Waals surface area contributed by atoms with Crippen LogP contribution < -0.4 is 10.2 Å². The van der Waals surface area contributed by atoms with Gasteiger partial charge in [-0.1, -0.05) is 0 Å². The third kappa shape index (κ3) is 2.95. The van der Waals surface area contributed by atoms with Crippen molar-refractivity contribution in [3.63, 3.8) is 0 Å². The largest absolute Gasteiger partial charge is 0.433 e. The molecule has 2 heterocycles. The van der Waals surface area contributed by atoms with Crippen LogP contribution >= 0.6 is 0 Å². The quantitative estimate of drug-likeness (QED) is 0.924. The van der Waals surface area contributed by atoms with Gasteiger partial charge in [0.2, 0.25) is 5.95 Å². The summed E-state index contributed by atoms with van der Waals surface area (Å²) in [6.45, 7) is 2.51. The van der Waals surface area contributed by atoms with Crippen molar-refractivity contribution < 1.29 is 17.9 Å². The molecule has 2 rings (SSSR count). The van der Waals surface area contributed by atoms with E-state index in [-0.39, 0.29) is 23.9 Å². The maximum atomic E-state index is 12.8. The molecule has 2 atom stereocenters. The summed E-state index contributed by atoms with van der Waals surface area (Å²) in [5.74, 6) is 0.187. The molecule has 1 fully saturated rings. The predicted molar refractivity (Wildman–Crippen MR) is 68.8 cm³/mol. The van der Waals surface area contributed by atoms with Crippen molar-refractivity contribution >= 4 is 11.8 Å². The lowest BCUT2D eigenvalue weighted by atomic mass is 10.1. The Morgan fingerprint density at radius 1 is 1.40 bits per heavy atom. The van der Waals surface area contributed by atoms with E-state index in [1.54, 1.807) is 11.9 Å². The van der Waals surface area contributed by atoms with E-state index in [1.807, 2.05) is 6.92 Å². The molecule has 1 aliphatic heterocycles. The van der Waals surface area contributed by atoms with Gasteiger partial charge in [0.25, 0.3) is 0 Å². The highest BCUT2D eigenvalue weighted by molar-refractivity contribution is 5.46. The minimum absolute atomic E-state index is 0.00990. The molecule has 5 nitrogen and oxygen atoms in total. The Bertz CT molecular complexity index is 480. The summed E-state index contributed by atoms with van der Waals surface area (Å²) in [5.41, 5.74) is -0.953. The summed E-state index contributed by atoms with van der Waals surface area (Å²) in [4.78, 5) is 9.26. The molecule has 8 heteroatoms. The van der Waals surface area contributed by atoms with Crippen LogP contribution in [0.2, 0.25) is 0 Å². The van der Waals surface area contributed by atoms with Gasteiger partial charge < -0.3 is 15.0 Å². The molecule has 1 aromatic heterocycles. The molecule has 112 valence electrons. The van der Waals surface area contributed by atoms with Crippen LogP contribution in [0.25, 0.3) is 0 Å². The Hall–Kier alpha value is -1.57. The lowest BCUT2D eigenvalue weighted by molar-refractivity contribution is -0.141. The standard InChI is InChI=1S/C12H17F3N4O/c1-7-8(4-5-20-7)19(3)10-6-9(12(13,14)15)17-11(16-2)18-10/h6-8H,4-5H2,1-3H3,(H,16,17,18). The first-order chi connectivity index (χ1) is 9.32. The number of nitrogens with one attached hydrogen (secondary N) is 1. The Morgan fingerprint density at radius 2 is 2.10 bits per heavy atom. The number of ether oxygens (including phenoxy) is 1. The first kappa shape index (κ1) is 14.8. The van der Waals surface area contributed by atoms with Crippen molar-refractivity contribution in [2.24, 2.45) is 0 Å². The van der Waals surface area contributed by atoms with Crippen LogP contribution in [0, 0.1) is 0 Å². The van der Waals surface area contributed by atoms with Gasteiger partial charge in [-0.05, 0) is 13.3 Å². The molecule has 0 saturated carbocycles. The first-order valence-electron chi connectivity index (χ1n) is 6.31. The highest BCUT2D eigenvalue weighted by Crippen LogP contribution is 2.31. The van der Waals surface area contributed by atoms with Crippen molar-refractivity contribution in [3.8, 4) is 0 Å². The molecule has 1 N–H and O–H groups in total. The predicted octanol–water partition coefficient (Wildman–Crippen LogP) is 2.15.